The molecule has 1 aromatic carbocycles. The third-order valence-electron chi connectivity index (χ3n) is 2.71. The maximum atomic E-state index is 6.15. The summed E-state index contributed by atoms with van der Waals surface area (Å²) in [5.41, 5.74) is 7.51. The molecule has 2 rings (SSSR count). The molecule has 0 saturated carbocycles. The fourth-order valence-electron chi connectivity index (χ4n) is 1.85. The molecule has 0 aliphatic carbocycles. The van der Waals surface area contributed by atoms with E-state index in [0.717, 1.165) is 12.2 Å². The molecule has 1 aliphatic rings. The van der Waals surface area contributed by atoms with Crippen LogP contribution in [0.2, 0.25) is 0 Å². The zero-order valence-corrected chi connectivity index (χ0v) is 10.4. The Balaban J connectivity index is 2.25. The van der Waals surface area contributed by atoms with Crippen LogP contribution in [-0.4, -0.2) is 17.5 Å². The summed E-state index contributed by atoms with van der Waals surface area (Å²) in [6.45, 7) is 0. The van der Waals surface area contributed by atoms with Gasteiger partial charge < -0.3 is 5.73 Å². The van der Waals surface area contributed by atoms with E-state index in [0.29, 0.717) is 12.0 Å². The van der Waals surface area contributed by atoms with Gasteiger partial charge in [-0.15, -0.1) is 0 Å². The third kappa shape index (κ3) is 2.15. The van der Waals surface area contributed by atoms with E-state index in [2.05, 4.69) is 40.2 Å². The van der Waals surface area contributed by atoms with Gasteiger partial charge in [0, 0.05) is 22.2 Å². The van der Waals surface area contributed by atoms with Gasteiger partial charge in [0.05, 0.1) is 0 Å². The largest absolute Gasteiger partial charge is 0.327 e. The minimum atomic E-state index is 0.329. The number of thioether (sulfide) groups is 1. The molecule has 0 bridgehead atoms. The van der Waals surface area contributed by atoms with Crippen LogP contribution in [0.1, 0.15) is 17.9 Å². The van der Waals surface area contributed by atoms with E-state index in [1.54, 1.807) is 0 Å². The van der Waals surface area contributed by atoms with E-state index < -0.39 is 0 Å². The molecule has 0 aromatic heterocycles. The molecule has 3 heteroatoms. The second-order valence-corrected chi connectivity index (χ2v) is 5.66. The third-order valence-corrected chi connectivity index (χ3v) is 4.56. The lowest BCUT2D eigenvalue weighted by atomic mass is 9.92. The van der Waals surface area contributed by atoms with E-state index in [1.165, 1.54) is 15.8 Å². The molecule has 1 nitrogen and oxygen atoms in total. The van der Waals surface area contributed by atoms with Crippen molar-refractivity contribution >= 4 is 27.7 Å². The van der Waals surface area contributed by atoms with Crippen molar-refractivity contribution in [1.29, 1.82) is 0 Å². The monoisotopic (exact) mass is 271 g/mol. The van der Waals surface area contributed by atoms with Crippen LogP contribution in [0.3, 0.4) is 0 Å². The minimum Gasteiger partial charge on any atom is -0.327 e. The van der Waals surface area contributed by atoms with E-state index >= 15 is 0 Å². The Hall–Kier alpha value is 0.01000. The van der Waals surface area contributed by atoms with Crippen molar-refractivity contribution in [1.82, 2.24) is 0 Å². The van der Waals surface area contributed by atoms with Crippen LogP contribution in [-0.2, 0) is 0 Å². The Bertz CT molecular complexity index is 316. The van der Waals surface area contributed by atoms with Gasteiger partial charge in [-0.2, -0.15) is 11.8 Å². The van der Waals surface area contributed by atoms with Crippen LogP contribution >= 0.6 is 27.7 Å². The molecular weight excluding hydrogens is 258 g/mol. The van der Waals surface area contributed by atoms with Crippen LogP contribution in [0.15, 0.2) is 28.7 Å². The van der Waals surface area contributed by atoms with Crippen LogP contribution < -0.4 is 5.73 Å². The first-order valence-electron chi connectivity index (χ1n) is 4.87. The Labute approximate surface area is 97.6 Å². The number of halogens is 1. The summed E-state index contributed by atoms with van der Waals surface area (Å²) in [5, 5.41) is 0. The number of nitrogens with two attached hydrogens (primary N) is 1. The highest BCUT2D eigenvalue weighted by Crippen LogP contribution is 2.34. The summed E-state index contributed by atoms with van der Waals surface area (Å²) in [4.78, 5) is 0. The van der Waals surface area contributed by atoms with Crippen molar-refractivity contribution in [2.45, 2.75) is 18.4 Å². The second-order valence-electron chi connectivity index (χ2n) is 3.66. The summed E-state index contributed by atoms with van der Waals surface area (Å²) in [6.07, 6.45) is 1.14. The summed E-state index contributed by atoms with van der Waals surface area (Å²) < 4.78 is 1.20. The van der Waals surface area contributed by atoms with Crippen molar-refractivity contribution in [2.24, 2.45) is 5.73 Å². The van der Waals surface area contributed by atoms with Crippen molar-refractivity contribution in [2.75, 3.05) is 11.5 Å². The Kier molecular flexibility index (Phi) is 3.52. The molecule has 2 N–H and O–H groups in total. The van der Waals surface area contributed by atoms with Crippen molar-refractivity contribution in [3.63, 3.8) is 0 Å². The lowest BCUT2D eigenvalue weighted by Gasteiger charge is -2.29. The Morgan fingerprint density at radius 3 is 2.86 bits per heavy atom. The molecule has 76 valence electrons. The fourth-order valence-corrected chi connectivity index (χ4v) is 3.72. The molecule has 1 aliphatic heterocycles. The highest BCUT2D eigenvalue weighted by molar-refractivity contribution is 9.10. The van der Waals surface area contributed by atoms with E-state index in [9.17, 15) is 0 Å². The maximum Gasteiger partial charge on any atom is 0.0211 e. The molecule has 2 unspecified atom stereocenters. The number of hydrogen-bond acceptors (Lipinski definition) is 2. The van der Waals surface area contributed by atoms with Gasteiger partial charge in [-0.05, 0) is 23.8 Å². The van der Waals surface area contributed by atoms with Gasteiger partial charge in [-0.1, -0.05) is 34.1 Å². The van der Waals surface area contributed by atoms with E-state index in [4.69, 9.17) is 5.73 Å². The summed E-state index contributed by atoms with van der Waals surface area (Å²) >= 11 is 5.60. The smallest absolute Gasteiger partial charge is 0.0211 e. The second kappa shape index (κ2) is 4.69. The standard InChI is InChI=1S/C11H14BrNS/c12-10-4-2-1-3-8(10)9-7-14-6-5-11(9)13/h1-4,9,11H,5-7,13H2. The van der Waals surface area contributed by atoms with Crippen molar-refractivity contribution in [3.05, 3.63) is 34.3 Å². The molecule has 1 heterocycles. The molecule has 0 radical (unpaired) electrons. The van der Waals surface area contributed by atoms with E-state index in [1.807, 2.05) is 11.8 Å². The first-order chi connectivity index (χ1) is 6.79. The van der Waals surface area contributed by atoms with Gasteiger partial charge in [0.2, 0.25) is 0 Å². The Morgan fingerprint density at radius 1 is 1.36 bits per heavy atom. The number of rotatable bonds is 1. The van der Waals surface area contributed by atoms with Crippen LogP contribution in [0.5, 0.6) is 0 Å². The predicted molar refractivity (Wildman–Crippen MR) is 66.8 cm³/mol. The lowest BCUT2D eigenvalue weighted by Crippen LogP contribution is -2.33. The zero-order valence-electron chi connectivity index (χ0n) is 7.95. The highest BCUT2D eigenvalue weighted by Gasteiger charge is 2.24. The molecule has 1 saturated heterocycles. The minimum absolute atomic E-state index is 0.329. The normalized spacial score (nSPS) is 27.6. The summed E-state index contributed by atoms with van der Waals surface area (Å²) in [7, 11) is 0. The SMILES string of the molecule is NC1CCSCC1c1ccccc1Br. The van der Waals surface area contributed by atoms with E-state index in [-0.39, 0.29) is 0 Å². The topological polar surface area (TPSA) is 26.0 Å². The Morgan fingerprint density at radius 2 is 2.14 bits per heavy atom. The van der Waals surface area contributed by atoms with Gasteiger partial charge in [0.25, 0.3) is 0 Å². The van der Waals surface area contributed by atoms with Crippen molar-refractivity contribution < 1.29 is 0 Å². The first kappa shape index (κ1) is 10.5. The molecular formula is C11H14BrNS. The van der Waals surface area contributed by atoms with Gasteiger partial charge in [-0.25, -0.2) is 0 Å². The average molecular weight is 272 g/mol. The fraction of sp³-hybridized carbons (Fsp3) is 0.455. The summed E-state index contributed by atoms with van der Waals surface area (Å²) in [5.74, 6) is 2.88. The van der Waals surface area contributed by atoms with Crippen LogP contribution in [0.25, 0.3) is 0 Å². The van der Waals surface area contributed by atoms with Crippen molar-refractivity contribution in [3.8, 4) is 0 Å². The zero-order chi connectivity index (χ0) is 9.97. The molecule has 14 heavy (non-hydrogen) atoms. The molecule has 1 aromatic rings. The van der Waals surface area contributed by atoms with Crippen LogP contribution in [0.4, 0.5) is 0 Å². The van der Waals surface area contributed by atoms with Gasteiger partial charge in [-0.3, -0.25) is 0 Å². The van der Waals surface area contributed by atoms with Gasteiger partial charge >= 0.3 is 0 Å². The number of hydrogen-bond donors (Lipinski definition) is 1. The highest BCUT2D eigenvalue weighted by atomic mass is 79.9. The quantitative estimate of drug-likeness (QED) is 0.850. The molecule has 0 spiro atoms. The first-order valence-corrected chi connectivity index (χ1v) is 6.81. The number of benzene rings is 1. The van der Waals surface area contributed by atoms with Crippen LogP contribution in [0, 0.1) is 0 Å². The lowest BCUT2D eigenvalue weighted by molar-refractivity contribution is 0.547. The summed E-state index contributed by atoms with van der Waals surface area (Å²) in [6, 6.07) is 8.75. The molecule has 1 fully saturated rings. The molecule has 2 atom stereocenters. The predicted octanol–water partition coefficient (Wildman–Crippen LogP) is 3.00. The average Bonchev–Trinajstić information content (AvgIpc) is 2.20. The maximum absolute atomic E-state index is 6.15. The molecule has 0 amide bonds. The van der Waals surface area contributed by atoms with Gasteiger partial charge in [0.1, 0.15) is 0 Å². The van der Waals surface area contributed by atoms with Gasteiger partial charge in [0.15, 0.2) is 0 Å².